The number of fused-ring (bicyclic) bond motifs is 3. The maximum absolute atomic E-state index is 14.0. The number of hydrogen-bond donors (Lipinski definition) is 4. The summed E-state index contributed by atoms with van der Waals surface area (Å²) >= 11 is 1.72. The molecule has 3 fully saturated rings. The van der Waals surface area contributed by atoms with Gasteiger partial charge in [0.25, 0.3) is 0 Å². The second-order valence-corrected chi connectivity index (χ2v) is 17.2. The third-order valence-corrected chi connectivity index (χ3v) is 13.5. The van der Waals surface area contributed by atoms with E-state index in [1.165, 1.54) is 14.2 Å². The number of carbonyl (C=O) groups excluding carboxylic acids is 4. The fourth-order valence-electron chi connectivity index (χ4n) is 8.87. The maximum atomic E-state index is 14.0. The number of rotatable bonds is 11. The number of Topliss-reactive ketones (excluding diaryl/α,β-unsaturated/α-hetero) is 1. The fraction of sp³-hybridized carbons (Fsp3) is 0.455. The fourth-order valence-corrected chi connectivity index (χ4v) is 10.3. The normalized spacial score (nSPS) is 20.8. The molecule has 0 aliphatic carbocycles. The minimum Gasteiger partial charge on any atom is -0.453 e. The van der Waals surface area contributed by atoms with Gasteiger partial charge in [0, 0.05) is 31.1 Å². The Labute approximate surface area is 346 Å². The molecule has 59 heavy (non-hydrogen) atoms. The van der Waals surface area contributed by atoms with Crippen LogP contribution in [0.1, 0.15) is 68.9 Å². The number of thioether (sulfide) groups is 1. The average molecular weight is 822 g/mol. The number of H-pyrrole nitrogens is 2. The smallest absolute Gasteiger partial charge is 0.407 e. The molecule has 5 atom stereocenters. The number of aromatic amines is 2. The second kappa shape index (κ2) is 17.4. The minimum absolute atomic E-state index is 0.00688. The summed E-state index contributed by atoms with van der Waals surface area (Å²) in [7, 11) is 2.61. The van der Waals surface area contributed by atoms with E-state index in [-0.39, 0.29) is 40.7 Å². The van der Waals surface area contributed by atoms with Crippen LogP contribution in [-0.2, 0) is 23.8 Å². The molecule has 3 aliphatic heterocycles. The highest BCUT2D eigenvalue weighted by molar-refractivity contribution is 7.99. The molecule has 5 heterocycles. The van der Waals surface area contributed by atoms with Crippen LogP contribution in [0.2, 0.25) is 0 Å². The van der Waals surface area contributed by atoms with E-state index in [0.717, 1.165) is 80.9 Å². The van der Waals surface area contributed by atoms with Crippen molar-refractivity contribution in [3.05, 3.63) is 72.4 Å². The molecule has 3 aromatic carbocycles. The van der Waals surface area contributed by atoms with Gasteiger partial charge in [0.2, 0.25) is 5.91 Å². The summed E-state index contributed by atoms with van der Waals surface area (Å²) in [5, 5.41) is 7.50. The summed E-state index contributed by atoms with van der Waals surface area (Å²) in [4.78, 5) is 70.7. The summed E-state index contributed by atoms with van der Waals surface area (Å²) in [5.41, 5.74) is 5.74. The van der Waals surface area contributed by atoms with Gasteiger partial charge >= 0.3 is 12.2 Å². The number of nitrogens with zero attached hydrogens (tertiary/aromatic N) is 3. The molecular weight excluding hydrogens is 771 g/mol. The Bertz CT molecular complexity index is 2340. The predicted molar refractivity (Wildman–Crippen MR) is 226 cm³/mol. The van der Waals surface area contributed by atoms with E-state index in [0.29, 0.717) is 32.6 Å². The Morgan fingerprint density at radius 2 is 1.59 bits per heavy atom. The number of carbonyl (C=O) groups is 4. The Morgan fingerprint density at radius 3 is 2.34 bits per heavy atom. The van der Waals surface area contributed by atoms with E-state index in [4.69, 9.17) is 24.2 Å². The van der Waals surface area contributed by atoms with E-state index in [1.807, 2.05) is 31.0 Å². The molecule has 3 aliphatic rings. The number of benzene rings is 3. The zero-order valence-corrected chi connectivity index (χ0v) is 34.6. The van der Waals surface area contributed by atoms with Gasteiger partial charge in [0.05, 0.1) is 54.5 Å². The van der Waals surface area contributed by atoms with Crippen molar-refractivity contribution in [1.82, 2.24) is 35.5 Å². The van der Waals surface area contributed by atoms with E-state index in [9.17, 15) is 19.2 Å². The van der Waals surface area contributed by atoms with Crippen LogP contribution in [-0.4, -0.2) is 101 Å². The van der Waals surface area contributed by atoms with Gasteiger partial charge in [0.1, 0.15) is 17.7 Å². The van der Waals surface area contributed by atoms with Gasteiger partial charge in [0.15, 0.2) is 5.78 Å². The number of methoxy groups -OCH3 is 2. The van der Waals surface area contributed by atoms with E-state index in [1.54, 1.807) is 11.8 Å². The first-order valence-electron chi connectivity index (χ1n) is 20.4. The number of aromatic nitrogens is 4. The zero-order chi connectivity index (χ0) is 41.2. The van der Waals surface area contributed by atoms with Crippen LogP contribution in [0.25, 0.3) is 44.2 Å². The number of alkyl carbamates (subject to hydrolysis) is 2. The van der Waals surface area contributed by atoms with Crippen LogP contribution in [0, 0.1) is 17.8 Å². The van der Waals surface area contributed by atoms with Gasteiger partial charge in [-0.15, -0.1) is 11.8 Å². The molecule has 310 valence electrons. The highest BCUT2D eigenvalue weighted by Crippen LogP contribution is 2.46. The molecule has 0 saturated carbocycles. The third kappa shape index (κ3) is 8.27. The van der Waals surface area contributed by atoms with Gasteiger partial charge in [-0.1, -0.05) is 56.3 Å². The van der Waals surface area contributed by atoms with Crippen molar-refractivity contribution in [3.63, 3.8) is 0 Å². The van der Waals surface area contributed by atoms with Gasteiger partial charge < -0.3 is 39.7 Å². The number of imidazole rings is 2. The van der Waals surface area contributed by atoms with Crippen molar-refractivity contribution < 1.29 is 33.4 Å². The molecule has 5 aromatic rings. The average Bonchev–Trinajstić information content (AvgIpc) is 4.10. The first kappa shape index (κ1) is 40.4. The molecule has 3 amide bonds. The van der Waals surface area contributed by atoms with Crippen LogP contribution < -0.4 is 10.6 Å². The number of nitrogens with one attached hydrogen (secondary N) is 4. The Kier molecular flexibility index (Phi) is 11.9. The summed E-state index contributed by atoms with van der Waals surface area (Å²) in [5.74, 6) is 1.84. The predicted octanol–water partition coefficient (Wildman–Crippen LogP) is 7.33. The lowest BCUT2D eigenvalue weighted by Crippen LogP contribution is -2.53. The van der Waals surface area contributed by atoms with E-state index >= 15 is 0 Å². The summed E-state index contributed by atoms with van der Waals surface area (Å²) in [6, 6.07) is 17.3. The Morgan fingerprint density at radius 1 is 0.864 bits per heavy atom. The van der Waals surface area contributed by atoms with Crippen molar-refractivity contribution >= 4 is 57.4 Å². The van der Waals surface area contributed by atoms with E-state index in [2.05, 4.69) is 69.1 Å². The molecule has 0 radical (unpaired) electrons. The minimum atomic E-state index is -0.685. The molecule has 0 spiro atoms. The summed E-state index contributed by atoms with van der Waals surface area (Å²) < 4.78 is 15.2. The number of amides is 3. The number of likely N-dealkylation sites (tertiary alicyclic amines) is 1. The monoisotopic (exact) mass is 821 g/mol. The molecule has 0 bridgehead atoms. The van der Waals surface area contributed by atoms with Crippen LogP contribution in [0.5, 0.6) is 0 Å². The highest BCUT2D eigenvalue weighted by Gasteiger charge is 2.42. The van der Waals surface area contributed by atoms with Crippen LogP contribution in [0.4, 0.5) is 9.59 Å². The van der Waals surface area contributed by atoms with Crippen LogP contribution in [0.3, 0.4) is 0 Å². The summed E-state index contributed by atoms with van der Waals surface area (Å²) in [6.07, 6.45) is 4.32. The van der Waals surface area contributed by atoms with E-state index < -0.39 is 24.3 Å². The lowest BCUT2D eigenvalue weighted by atomic mass is 9.87. The topological polar surface area (TPSA) is 181 Å². The third-order valence-electron chi connectivity index (χ3n) is 12.1. The molecule has 2 unspecified atom stereocenters. The first-order chi connectivity index (χ1) is 28.6. The van der Waals surface area contributed by atoms with Gasteiger partial charge in [-0.2, -0.15) is 0 Å². The molecule has 4 N–H and O–H groups in total. The molecule has 2 aromatic heterocycles. The lowest BCUT2D eigenvalue weighted by Gasteiger charge is -2.34. The standard InChI is InChI=1S/C44H51N7O7S/c1-24(2)35(49-43(54)56-3)38(52)31-17-21-59-39(31)41-46-32-14-12-29-22-28(11-13-30(29)37(32)48-41)25-7-9-26(10-8-25)33-23-45-40(47-33)34-6-5-18-51(34)42(53)36(50-44(55)57-4)27-15-19-58-20-16-27/h7-14,22-24,27,31,34-36,39H,5-6,15-21H2,1-4H3,(H,45,47)(H,46,48)(H,49,54)(H,50,55)/t31?,34-,35-,36?,39-/m0/s1. The molecule has 3 saturated heterocycles. The Balaban J connectivity index is 0.974. The molecular formula is C44H51N7O7S. The maximum Gasteiger partial charge on any atom is 0.407 e. The largest absolute Gasteiger partial charge is 0.453 e. The van der Waals surface area contributed by atoms with Crippen LogP contribution in [0.15, 0.2) is 60.8 Å². The molecule has 8 rings (SSSR count). The van der Waals surface area contributed by atoms with Crippen LogP contribution >= 0.6 is 11.8 Å². The van der Waals surface area contributed by atoms with Gasteiger partial charge in [-0.25, -0.2) is 19.6 Å². The van der Waals surface area contributed by atoms with Crippen molar-refractivity contribution in [3.8, 4) is 22.4 Å². The Hall–Kier alpha value is -5.41. The SMILES string of the molecule is COC(=O)NC(C(=O)N1CCC[C@H]1c1ncc(-c2ccc(-c3ccc4c(ccc5[nH]c([C@H]6SCCC6C(=O)[C@@H](NC(=O)OC)C(C)C)nc54)c3)cc2)[nH]1)C1CCOCC1. The molecule has 15 heteroatoms. The number of hydrogen-bond acceptors (Lipinski definition) is 10. The van der Waals surface area contributed by atoms with Crippen molar-refractivity contribution in [2.75, 3.05) is 39.7 Å². The lowest BCUT2D eigenvalue weighted by molar-refractivity contribution is -0.136. The quantitative estimate of drug-likeness (QED) is 0.105. The highest BCUT2D eigenvalue weighted by atomic mass is 32.2. The number of ketones is 1. The van der Waals surface area contributed by atoms with Crippen molar-refractivity contribution in [1.29, 1.82) is 0 Å². The zero-order valence-electron chi connectivity index (χ0n) is 33.8. The molecule has 14 nitrogen and oxygen atoms in total. The van der Waals surface area contributed by atoms with Gasteiger partial charge in [-0.05, 0) is 83.9 Å². The second-order valence-electron chi connectivity index (χ2n) is 16.0. The number of ether oxygens (including phenoxy) is 3. The van der Waals surface area contributed by atoms with Gasteiger partial charge in [-0.3, -0.25) is 9.59 Å². The van der Waals surface area contributed by atoms with Crippen molar-refractivity contribution in [2.24, 2.45) is 17.8 Å². The van der Waals surface area contributed by atoms with Crippen molar-refractivity contribution in [2.45, 2.75) is 69.3 Å². The summed E-state index contributed by atoms with van der Waals surface area (Å²) in [6.45, 7) is 5.56. The first-order valence-corrected chi connectivity index (χ1v) is 21.5.